The van der Waals surface area contributed by atoms with Gasteiger partial charge in [0, 0.05) is 44.7 Å². The van der Waals surface area contributed by atoms with Gasteiger partial charge < -0.3 is 9.88 Å². The second-order valence-electron chi connectivity index (χ2n) is 8.86. The number of fused-ring (bicyclic) bond motifs is 3. The highest BCUT2D eigenvalue weighted by atomic mass is 16.1. The molecule has 1 unspecified atom stereocenters. The van der Waals surface area contributed by atoms with E-state index in [1.54, 1.807) is 0 Å². The van der Waals surface area contributed by atoms with Gasteiger partial charge in [-0.1, -0.05) is 24.6 Å². The Hall–Kier alpha value is -2.66. The first-order valence-corrected chi connectivity index (χ1v) is 11.2. The van der Waals surface area contributed by atoms with Crippen LogP contribution in [0.1, 0.15) is 38.9 Å². The van der Waals surface area contributed by atoms with Crippen molar-refractivity contribution in [2.24, 2.45) is 5.92 Å². The first-order chi connectivity index (χ1) is 14.6. The number of nitrogens with zero attached hydrogens (tertiary/aromatic N) is 3. The van der Waals surface area contributed by atoms with Gasteiger partial charge in [-0.05, 0) is 61.1 Å². The molecule has 2 aliphatic rings. The lowest BCUT2D eigenvalue weighted by atomic mass is 9.80. The number of imidazole rings is 1. The van der Waals surface area contributed by atoms with Gasteiger partial charge in [-0.2, -0.15) is 0 Å². The molecule has 5 heteroatoms. The smallest absolute Gasteiger partial charge is 0.221 e. The van der Waals surface area contributed by atoms with Gasteiger partial charge in [0.15, 0.2) is 0 Å². The number of carbonyl (C=O) groups excluding carboxylic acids is 1. The van der Waals surface area contributed by atoms with Gasteiger partial charge >= 0.3 is 0 Å². The number of rotatable bonds is 4. The molecule has 0 spiro atoms. The topological polar surface area (TPSA) is 50.2 Å². The molecule has 1 fully saturated rings. The number of aromatic nitrogens is 2. The molecule has 0 saturated heterocycles. The molecule has 2 heterocycles. The summed E-state index contributed by atoms with van der Waals surface area (Å²) >= 11 is 0. The Labute approximate surface area is 178 Å². The summed E-state index contributed by atoms with van der Waals surface area (Å²) in [6.07, 6.45) is 5.24. The van der Waals surface area contributed by atoms with Crippen molar-refractivity contribution in [3.8, 4) is 11.1 Å². The van der Waals surface area contributed by atoms with Gasteiger partial charge in [-0.15, -0.1) is 0 Å². The highest BCUT2D eigenvalue weighted by Crippen LogP contribution is 2.33. The van der Waals surface area contributed by atoms with Crippen LogP contribution in [0.3, 0.4) is 0 Å². The molecule has 1 aliphatic carbocycles. The molecule has 156 valence electrons. The quantitative estimate of drug-likeness (QED) is 0.688. The maximum Gasteiger partial charge on any atom is 0.221 e. The fraction of sp³-hybridized carbons (Fsp3) is 0.440. The summed E-state index contributed by atoms with van der Waals surface area (Å²) in [5.41, 5.74) is 5.43. The molecule has 1 amide bonds. The van der Waals surface area contributed by atoms with E-state index in [4.69, 9.17) is 4.98 Å². The van der Waals surface area contributed by atoms with E-state index < -0.39 is 0 Å². The van der Waals surface area contributed by atoms with Crippen LogP contribution >= 0.6 is 0 Å². The predicted octanol–water partition coefficient (Wildman–Crippen LogP) is 4.71. The van der Waals surface area contributed by atoms with Gasteiger partial charge in [0.1, 0.15) is 5.82 Å². The minimum Gasteiger partial charge on any atom is -0.327 e. The van der Waals surface area contributed by atoms with Crippen molar-refractivity contribution >= 4 is 22.6 Å². The molecule has 1 atom stereocenters. The summed E-state index contributed by atoms with van der Waals surface area (Å²) in [6, 6.07) is 15.3. The van der Waals surface area contributed by atoms with Crippen LogP contribution in [-0.2, 0) is 17.8 Å². The molecule has 5 rings (SSSR count). The van der Waals surface area contributed by atoms with Gasteiger partial charge in [0.25, 0.3) is 0 Å². The van der Waals surface area contributed by atoms with E-state index in [2.05, 4.69) is 39.9 Å². The minimum atomic E-state index is -0.0516. The summed E-state index contributed by atoms with van der Waals surface area (Å²) < 4.78 is 2.42. The van der Waals surface area contributed by atoms with Crippen molar-refractivity contribution in [1.29, 1.82) is 0 Å². The molecule has 3 aromatic rings. The molecule has 0 radical (unpaired) electrons. The number of amides is 1. The van der Waals surface area contributed by atoms with Crippen molar-refractivity contribution < 1.29 is 4.79 Å². The fourth-order valence-corrected chi connectivity index (χ4v) is 4.96. The van der Waals surface area contributed by atoms with Gasteiger partial charge in [0.05, 0.1) is 11.0 Å². The van der Waals surface area contributed by atoms with E-state index >= 15 is 0 Å². The predicted molar refractivity (Wildman–Crippen MR) is 122 cm³/mol. The van der Waals surface area contributed by atoms with Crippen LogP contribution < -0.4 is 5.32 Å². The van der Waals surface area contributed by atoms with E-state index in [-0.39, 0.29) is 5.91 Å². The molecule has 0 bridgehead atoms. The number of hydrogen-bond donors (Lipinski definition) is 1. The molecule has 2 aromatic carbocycles. The normalized spacial score (nSPS) is 18.5. The average molecular weight is 403 g/mol. The van der Waals surface area contributed by atoms with E-state index in [0.29, 0.717) is 6.04 Å². The zero-order chi connectivity index (χ0) is 20.7. The second-order valence-corrected chi connectivity index (χ2v) is 8.86. The highest BCUT2D eigenvalue weighted by Gasteiger charge is 2.29. The van der Waals surface area contributed by atoms with E-state index in [0.717, 1.165) is 54.3 Å². The van der Waals surface area contributed by atoms with Crippen LogP contribution in [0.15, 0.2) is 42.5 Å². The number of carbonyl (C=O) groups is 1. The molecule has 1 aromatic heterocycles. The Balaban J connectivity index is 1.36. The summed E-state index contributed by atoms with van der Waals surface area (Å²) in [7, 11) is 0. The molecule has 5 nitrogen and oxygen atoms in total. The van der Waals surface area contributed by atoms with Crippen LogP contribution in [0.5, 0.6) is 0 Å². The Morgan fingerprint density at radius 1 is 1.07 bits per heavy atom. The largest absolute Gasteiger partial charge is 0.327 e. The van der Waals surface area contributed by atoms with Crippen LogP contribution in [0.2, 0.25) is 0 Å². The maximum atomic E-state index is 11.2. The Kier molecular flexibility index (Phi) is 5.07. The Morgan fingerprint density at radius 2 is 1.83 bits per heavy atom. The van der Waals surface area contributed by atoms with Crippen molar-refractivity contribution in [2.45, 2.75) is 52.1 Å². The molecule has 30 heavy (non-hydrogen) atoms. The molecular formula is C25H30N4O. The van der Waals surface area contributed by atoms with Gasteiger partial charge in [-0.3, -0.25) is 9.69 Å². The van der Waals surface area contributed by atoms with Crippen LogP contribution in [-0.4, -0.2) is 39.5 Å². The van der Waals surface area contributed by atoms with Gasteiger partial charge in [0.2, 0.25) is 5.91 Å². The number of hydrogen-bond acceptors (Lipinski definition) is 3. The molecule has 1 saturated carbocycles. The van der Waals surface area contributed by atoms with Crippen LogP contribution in [0.4, 0.5) is 5.69 Å². The van der Waals surface area contributed by atoms with Crippen LogP contribution in [0.25, 0.3) is 22.2 Å². The maximum absolute atomic E-state index is 11.2. The third-order valence-corrected chi connectivity index (χ3v) is 7.01. The summed E-state index contributed by atoms with van der Waals surface area (Å²) in [4.78, 5) is 18.9. The average Bonchev–Trinajstić information content (AvgIpc) is 2.89. The van der Waals surface area contributed by atoms with Crippen molar-refractivity contribution in [2.75, 3.05) is 18.4 Å². The standard InChI is InChI=1S/C25H30N4O/c1-17(19-4-3-5-19)28-13-12-25-27-23-16-21(8-11-24(23)29(25)15-14-28)20-6-9-22(10-7-20)26-18(2)30/h6-11,16-17,19H,3-5,12-15H2,1-2H3,(H,26,30). The zero-order valence-corrected chi connectivity index (χ0v) is 17.9. The minimum absolute atomic E-state index is 0.0516. The summed E-state index contributed by atoms with van der Waals surface area (Å²) in [6.45, 7) is 7.19. The number of benzene rings is 2. The highest BCUT2D eigenvalue weighted by molar-refractivity contribution is 5.89. The lowest BCUT2D eigenvalue weighted by Crippen LogP contribution is -2.42. The zero-order valence-electron chi connectivity index (χ0n) is 17.9. The number of anilines is 1. The Bertz CT molecular complexity index is 1060. The van der Waals surface area contributed by atoms with E-state index in [1.807, 2.05) is 24.3 Å². The lowest BCUT2D eigenvalue weighted by molar-refractivity contribution is -0.114. The third-order valence-electron chi connectivity index (χ3n) is 7.01. The molecule has 1 aliphatic heterocycles. The fourth-order valence-electron chi connectivity index (χ4n) is 4.96. The third kappa shape index (κ3) is 3.63. The van der Waals surface area contributed by atoms with Crippen molar-refractivity contribution in [3.05, 3.63) is 48.3 Å². The van der Waals surface area contributed by atoms with Crippen molar-refractivity contribution in [1.82, 2.24) is 14.5 Å². The SMILES string of the molecule is CC(=O)Nc1ccc(-c2ccc3c(c2)nc2n3CCN(C(C)C3CCC3)CC2)cc1. The molecular weight excluding hydrogens is 372 g/mol. The van der Waals surface area contributed by atoms with Crippen molar-refractivity contribution in [3.63, 3.8) is 0 Å². The van der Waals surface area contributed by atoms with Crippen LogP contribution in [0, 0.1) is 5.92 Å². The lowest BCUT2D eigenvalue weighted by Gasteiger charge is -2.38. The monoisotopic (exact) mass is 402 g/mol. The molecule has 1 N–H and O–H groups in total. The van der Waals surface area contributed by atoms with E-state index in [9.17, 15) is 4.79 Å². The second kappa shape index (κ2) is 7.88. The Morgan fingerprint density at radius 3 is 2.53 bits per heavy atom. The summed E-state index contributed by atoms with van der Waals surface area (Å²) in [5, 5.41) is 2.82. The van der Waals surface area contributed by atoms with Gasteiger partial charge in [-0.25, -0.2) is 4.98 Å². The summed E-state index contributed by atoms with van der Waals surface area (Å²) in [5.74, 6) is 2.06. The first kappa shape index (κ1) is 19.3. The number of nitrogens with one attached hydrogen (secondary N) is 1. The van der Waals surface area contributed by atoms with E-state index in [1.165, 1.54) is 37.5 Å². The first-order valence-electron chi connectivity index (χ1n) is 11.2.